The molecule has 23 heavy (non-hydrogen) atoms. The van der Waals surface area contributed by atoms with E-state index in [-0.39, 0.29) is 10.4 Å². The molecule has 0 saturated heterocycles. The highest BCUT2D eigenvalue weighted by Gasteiger charge is 2.56. The summed E-state index contributed by atoms with van der Waals surface area (Å²) >= 11 is 0. The molecule has 0 heterocycles. The minimum atomic E-state index is -2.44. The van der Waals surface area contributed by atoms with Crippen LogP contribution >= 0.6 is 0 Å². The Balaban J connectivity index is 5.89. The highest BCUT2D eigenvalue weighted by Crippen LogP contribution is 2.41. The van der Waals surface area contributed by atoms with Crippen LogP contribution < -0.4 is 0 Å². The molecule has 0 unspecified atom stereocenters. The standard InChI is InChI=1S/C17H42O3Si3/c1-12-16(13-2,22(8,9)18)20-23(10,11)17(14-3,15-4)19-21(5,6)7/h18H,12-15H2,1-11H3. The van der Waals surface area contributed by atoms with Crippen LogP contribution in [0.15, 0.2) is 0 Å². The second kappa shape index (κ2) is 7.83. The van der Waals surface area contributed by atoms with Crippen LogP contribution in [0.3, 0.4) is 0 Å². The van der Waals surface area contributed by atoms with E-state index in [2.05, 4.69) is 60.4 Å². The van der Waals surface area contributed by atoms with E-state index in [1.165, 1.54) is 0 Å². The van der Waals surface area contributed by atoms with Crippen molar-refractivity contribution in [2.45, 2.75) is 110 Å². The molecule has 0 radical (unpaired) electrons. The fourth-order valence-corrected chi connectivity index (χ4v) is 13.9. The lowest BCUT2D eigenvalue weighted by Crippen LogP contribution is -2.68. The van der Waals surface area contributed by atoms with Gasteiger partial charge in [-0.25, -0.2) is 0 Å². The third-order valence-electron chi connectivity index (χ3n) is 5.45. The molecule has 0 spiro atoms. The van der Waals surface area contributed by atoms with Crippen LogP contribution in [-0.4, -0.2) is 40.2 Å². The molecule has 140 valence electrons. The predicted octanol–water partition coefficient (Wildman–Crippen LogP) is 5.45. The van der Waals surface area contributed by atoms with Crippen LogP contribution in [0.4, 0.5) is 0 Å². The Morgan fingerprint density at radius 2 is 1.00 bits per heavy atom. The van der Waals surface area contributed by atoms with Crippen molar-refractivity contribution < 1.29 is 13.6 Å². The quantitative estimate of drug-likeness (QED) is 0.513. The van der Waals surface area contributed by atoms with Crippen molar-refractivity contribution in [1.29, 1.82) is 0 Å². The van der Waals surface area contributed by atoms with Crippen molar-refractivity contribution in [2.24, 2.45) is 0 Å². The van der Waals surface area contributed by atoms with Gasteiger partial charge in [0, 0.05) is 0 Å². The number of rotatable bonds is 10. The van der Waals surface area contributed by atoms with E-state index in [0.29, 0.717) is 0 Å². The summed E-state index contributed by atoms with van der Waals surface area (Å²) in [5.74, 6) is 0. The second-order valence-corrected chi connectivity index (χ2v) is 21.4. The molecule has 0 aliphatic heterocycles. The summed E-state index contributed by atoms with van der Waals surface area (Å²) in [6.45, 7) is 24.1. The van der Waals surface area contributed by atoms with E-state index in [9.17, 15) is 4.80 Å². The van der Waals surface area contributed by atoms with Gasteiger partial charge in [0.2, 0.25) is 16.6 Å². The molecule has 0 saturated carbocycles. The Labute approximate surface area is 148 Å². The summed E-state index contributed by atoms with van der Waals surface area (Å²) in [5.41, 5.74) is 0. The third kappa shape index (κ3) is 5.25. The molecule has 6 heteroatoms. The van der Waals surface area contributed by atoms with E-state index in [4.69, 9.17) is 8.85 Å². The molecular weight excluding hydrogens is 336 g/mol. The first-order valence-corrected chi connectivity index (χ1v) is 18.5. The zero-order chi connectivity index (χ0) is 18.7. The summed E-state index contributed by atoms with van der Waals surface area (Å²) in [5, 5.41) is -0.548. The molecule has 0 fully saturated rings. The topological polar surface area (TPSA) is 38.7 Å². The molecule has 0 aromatic heterocycles. The fourth-order valence-electron chi connectivity index (χ4n) is 3.92. The number of hydrogen-bond donors (Lipinski definition) is 1. The van der Waals surface area contributed by atoms with Crippen molar-refractivity contribution in [2.75, 3.05) is 0 Å². The van der Waals surface area contributed by atoms with Gasteiger partial charge < -0.3 is 13.6 Å². The van der Waals surface area contributed by atoms with Crippen molar-refractivity contribution >= 4 is 25.0 Å². The summed E-state index contributed by atoms with van der Waals surface area (Å²) < 4.78 is 13.7. The zero-order valence-electron chi connectivity index (χ0n) is 17.6. The minimum Gasteiger partial charge on any atom is -0.429 e. The highest BCUT2D eigenvalue weighted by atomic mass is 28.4. The van der Waals surface area contributed by atoms with Gasteiger partial charge in [-0.2, -0.15) is 0 Å². The Bertz CT molecular complexity index is 362. The largest absolute Gasteiger partial charge is 0.429 e. The normalized spacial score (nSPS) is 15.1. The van der Waals surface area contributed by atoms with E-state index >= 15 is 0 Å². The first kappa shape index (κ1) is 23.5. The molecule has 0 bridgehead atoms. The van der Waals surface area contributed by atoms with E-state index < -0.39 is 25.0 Å². The van der Waals surface area contributed by atoms with Crippen LogP contribution in [0.1, 0.15) is 53.4 Å². The molecule has 1 N–H and O–H groups in total. The van der Waals surface area contributed by atoms with Gasteiger partial charge in [-0.1, -0.05) is 27.7 Å². The Hall–Kier alpha value is 0.531. The molecule has 3 nitrogen and oxygen atoms in total. The lowest BCUT2D eigenvalue weighted by atomic mass is 10.2. The Morgan fingerprint density at radius 1 is 0.652 bits per heavy atom. The van der Waals surface area contributed by atoms with Crippen LogP contribution in [0, 0.1) is 0 Å². The molecule has 0 aromatic rings. The molecule has 0 rings (SSSR count). The van der Waals surface area contributed by atoms with Gasteiger partial charge in [0.05, 0.1) is 10.4 Å². The van der Waals surface area contributed by atoms with E-state index in [1.807, 2.05) is 13.1 Å². The minimum absolute atomic E-state index is 0.174. The molecule has 0 aliphatic rings. The molecule has 0 aliphatic carbocycles. The smallest absolute Gasteiger partial charge is 0.217 e. The highest BCUT2D eigenvalue weighted by molar-refractivity contribution is 6.79. The van der Waals surface area contributed by atoms with Crippen LogP contribution in [0.2, 0.25) is 45.8 Å². The maximum Gasteiger partial charge on any atom is 0.217 e. The fraction of sp³-hybridized carbons (Fsp3) is 1.00. The van der Waals surface area contributed by atoms with Crippen molar-refractivity contribution in [3.05, 3.63) is 0 Å². The van der Waals surface area contributed by atoms with Gasteiger partial charge in [-0.3, -0.25) is 0 Å². The predicted molar refractivity (Wildman–Crippen MR) is 109 cm³/mol. The average Bonchev–Trinajstić information content (AvgIpc) is 2.39. The Morgan fingerprint density at radius 3 is 1.22 bits per heavy atom. The van der Waals surface area contributed by atoms with Crippen molar-refractivity contribution in [3.63, 3.8) is 0 Å². The molecular formula is C17H42O3Si3. The zero-order valence-corrected chi connectivity index (χ0v) is 20.6. The van der Waals surface area contributed by atoms with Gasteiger partial charge in [0.25, 0.3) is 0 Å². The van der Waals surface area contributed by atoms with Crippen LogP contribution in [-0.2, 0) is 8.85 Å². The lowest BCUT2D eigenvalue weighted by Gasteiger charge is -2.53. The van der Waals surface area contributed by atoms with Gasteiger partial charge >= 0.3 is 0 Å². The maximum absolute atomic E-state index is 10.9. The lowest BCUT2D eigenvalue weighted by molar-refractivity contribution is 0.0469. The van der Waals surface area contributed by atoms with E-state index in [1.54, 1.807) is 0 Å². The van der Waals surface area contributed by atoms with Crippen molar-refractivity contribution in [3.8, 4) is 0 Å². The second-order valence-electron chi connectivity index (χ2n) is 8.79. The molecule has 0 amide bonds. The Kier molecular flexibility index (Phi) is 8.01. The summed E-state index contributed by atoms with van der Waals surface area (Å²) in [6.07, 6.45) is 3.69. The summed E-state index contributed by atoms with van der Waals surface area (Å²) in [4.78, 5) is 10.9. The maximum atomic E-state index is 10.9. The first-order valence-electron chi connectivity index (χ1n) is 9.28. The SMILES string of the molecule is CCC(CC)(O[Si](C)(C)C(CC)(CC)O[Si](C)(C)C)[Si](C)(C)O. The van der Waals surface area contributed by atoms with Gasteiger partial charge in [-0.15, -0.1) is 0 Å². The molecule has 0 aromatic carbocycles. The average molecular weight is 379 g/mol. The van der Waals surface area contributed by atoms with Crippen LogP contribution in [0.5, 0.6) is 0 Å². The summed E-state index contributed by atoms with van der Waals surface area (Å²) in [7, 11) is -6.32. The van der Waals surface area contributed by atoms with Gasteiger partial charge in [-0.05, 0) is 71.5 Å². The first-order chi connectivity index (χ1) is 10.2. The van der Waals surface area contributed by atoms with Crippen molar-refractivity contribution in [1.82, 2.24) is 0 Å². The van der Waals surface area contributed by atoms with E-state index in [0.717, 1.165) is 25.7 Å². The van der Waals surface area contributed by atoms with Crippen LogP contribution in [0.25, 0.3) is 0 Å². The molecule has 0 atom stereocenters. The third-order valence-corrected chi connectivity index (χ3v) is 13.8. The monoisotopic (exact) mass is 378 g/mol. The van der Waals surface area contributed by atoms with Gasteiger partial charge in [0.1, 0.15) is 0 Å². The summed E-state index contributed by atoms with van der Waals surface area (Å²) in [6, 6.07) is 0. The number of hydrogen-bond acceptors (Lipinski definition) is 3. The van der Waals surface area contributed by atoms with Gasteiger partial charge in [0.15, 0.2) is 8.32 Å².